The van der Waals surface area contributed by atoms with Gasteiger partial charge < -0.3 is 5.32 Å². The number of amides is 1. The van der Waals surface area contributed by atoms with Gasteiger partial charge in [0.1, 0.15) is 0 Å². The quantitative estimate of drug-likeness (QED) is 0.640. The molecule has 0 aliphatic heterocycles. The van der Waals surface area contributed by atoms with E-state index >= 15 is 0 Å². The largest absolute Gasteiger partial charge is 0.416 e. The topological polar surface area (TPSA) is 75.3 Å². The Labute approximate surface area is 180 Å². The molecule has 0 atom stereocenters. The van der Waals surface area contributed by atoms with Gasteiger partial charge in [0.25, 0.3) is 0 Å². The van der Waals surface area contributed by atoms with Crippen LogP contribution in [0.25, 0.3) is 0 Å². The van der Waals surface area contributed by atoms with Crippen molar-refractivity contribution in [2.75, 3.05) is 13.1 Å². The van der Waals surface area contributed by atoms with Gasteiger partial charge in [-0.05, 0) is 73.1 Å². The molecule has 3 rings (SSSR count). The van der Waals surface area contributed by atoms with Crippen LogP contribution in [0.15, 0.2) is 47.4 Å². The monoisotopic (exact) mass is 454 g/mol. The molecule has 0 fully saturated rings. The Balaban J connectivity index is 1.41. The number of sulfonamides is 1. The minimum atomic E-state index is -4.38. The van der Waals surface area contributed by atoms with Crippen molar-refractivity contribution in [2.45, 2.75) is 49.6 Å². The first-order valence-electron chi connectivity index (χ1n) is 10.2. The van der Waals surface area contributed by atoms with Crippen molar-refractivity contribution in [3.63, 3.8) is 0 Å². The number of carbonyl (C=O) groups excluding carboxylic acids is 1. The molecule has 5 nitrogen and oxygen atoms in total. The van der Waals surface area contributed by atoms with E-state index in [1.54, 1.807) is 12.1 Å². The molecule has 31 heavy (non-hydrogen) atoms. The van der Waals surface area contributed by atoms with Crippen LogP contribution in [0.3, 0.4) is 0 Å². The molecule has 2 N–H and O–H groups in total. The number of rotatable bonds is 8. The Morgan fingerprint density at radius 1 is 0.935 bits per heavy atom. The molecule has 0 bridgehead atoms. The van der Waals surface area contributed by atoms with Gasteiger partial charge in [-0.15, -0.1) is 0 Å². The number of hydrogen-bond acceptors (Lipinski definition) is 3. The lowest BCUT2D eigenvalue weighted by Crippen LogP contribution is -2.31. The van der Waals surface area contributed by atoms with Crippen molar-refractivity contribution in [3.05, 3.63) is 64.7 Å². The van der Waals surface area contributed by atoms with Crippen molar-refractivity contribution in [2.24, 2.45) is 0 Å². The Kier molecular flexibility index (Phi) is 7.38. The lowest BCUT2D eigenvalue weighted by molar-refractivity contribution is -0.137. The minimum Gasteiger partial charge on any atom is -0.356 e. The van der Waals surface area contributed by atoms with Crippen LogP contribution in [0.1, 0.15) is 41.5 Å². The molecule has 1 aliphatic rings. The van der Waals surface area contributed by atoms with Crippen LogP contribution >= 0.6 is 0 Å². The highest BCUT2D eigenvalue weighted by molar-refractivity contribution is 7.89. The highest BCUT2D eigenvalue weighted by Crippen LogP contribution is 2.29. The Morgan fingerprint density at radius 2 is 1.61 bits per heavy atom. The van der Waals surface area contributed by atoms with Gasteiger partial charge in [0.2, 0.25) is 15.9 Å². The first kappa shape index (κ1) is 23.3. The molecule has 0 spiro atoms. The predicted molar refractivity (Wildman–Crippen MR) is 111 cm³/mol. The normalized spacial score (nSPS) is 14.2. The molecule has 0 saturated heterocycles. The summed E-state index contributed by atoms with van der Waals surface area (Å²) in [4.78, 5) is 12.1. The Hall–Kier alpha value is -2.39. The van der Waals surface area contributed by atoms with Crippen LogP contribution in [0.2, 0.25) is 0 Å². The number of aryl methyl sites for hydroxylation is 2. The summed E-state index contributed by atoms with van der Waals surface area (Å²) in [6, 6.07) is 9.93. The van der Waals surface area contributed by atoms with E-state index in [0.717, 1.165) is 43.4 Å². The van der Waals surface area contributed by atoms with Crippen molar-refractivity contribution in [1.82, 2.24) is 10.0 Å². The maximum atomic E-state index is 12.6. The summed E-state index contributed by atoms with van der Waals surface area (Å²) in [5, 5.41) is 2.65. The molecule has 9 heteroatoms. The fourth-order valence-electron chi connectivity index (χ4n) is 3.55. The summed E-state index contributed by atoms with van der Waals surface area (Å²) in [5.41, 5.74) is 2.21. The molecular formula is C22H25F3N2O3S. The maximum Gasteiger partial charge on any atom is 0.416 e. The molecule has 0 aromatic heterocycles. The lowest BCUT2D eigenvalue weighted by atomic mass is 9.92. The summed E-state index contributed by atoms with van der Waals surface area (Å²) in [6.07, 6.45) is -0.0151. The fourth-order valence-corrected chi connectivity index (χ4v) is 4.64. The zero-order chi connectivity index (χ0) is 22.5. The number of alkyl halides is 3. The van der Waals surface area contributed by atoms with E-state index in [1.165, 1.54) is 17.7 Å². The van der Waals surface area contributed by atoms with E-state index < -0.39 is 21.8 Å². The average Bonchev–Trinajstić information content (AvgIpc) is 2.73. The van der Waals surface area contributed by atoms with Crippen molar-refractivity contribution < 1.29 is 26.4 Å². The molecule has 1 amide bonds. The van der Waals surface area contributed by atoms with Crippen molar-refractivity contribution in [3.8, 4) is 0 Å². The fraction of sp³-hybridized carbons (Fsp3) is 0.409. The van der Waals surface area contributed by atoms with E-state index in [0.29, 0.717) is 12.0 Å². The number of nitrogens with one attached hydrogen (secondary N) is 2. The maximum absolute atomic E-state index is 12.6. The minimum absolute atomic E-state index is 0.0306. The number of benzene rings is 2. The zero-order valence-corrected chi connectivity index (χ0v) is 17.8. The van der Waals surface area contributed by atoms with Gasteiger partial charge in [-0.25, -0.2) is 13.1 Å². The molecule has 0 unspecified atom stereocenters. The smallest absolute Gasteiger partial charge is 0.356 e. The SMILES string of the molecule is O=C(CCNS(=O)(=O)c1ccc2c(c1)CCCC2)NCCc1ccc(C(F)(F)F)cc1. The van der Waals surface area contributed by atoms with Gasteiger partial charge >= 0.3 is 6.18 Å². The van der Waals surface area contributed by atoms with Crippen LogP contribution in [-0.4, -0.2) is 27.4 Å². The second-order valence-corrected chi connectivity index (χ2v) is 9.35. The predicted octanol–water partition coefficient (Wildman–Crippen LogP) is 3.61. The van der Waals surface area contributed by atoms with Gasteiger partial charge in [0, 0.05) is 19.5 Å². The number of hydrogen-bond donors (Lipinski definition) is 2. The molecule has 1 aliphatic carbocycles. The van der Waals surface area contributed by atoms with Crippen LogP contribution < -0.4 is 10.0 Å². The van der Waals surface area contributed by atoms with E-state index in [9.17, 15) is 26.4 Å². The van der Waals surface area contributed by atoms with E-state index in [2.05, 4.69) is 10.0 Å². The van der Waals surface area contributed by atoms with Gasteiger partial charge in [-0.3, -0.25) is 4.79 Å². The average molecular weight is 455 g/mol. The summed E-state index contributed by atoms with van der Waals surface area (Å²) in [6.45, 7) is 0.216. The van der Waals surface area contributed by atoms with Gasteiger partial charge in [0.05, 0.1) is 10.5 Å². The number of carbonyl (C=O) groups is 1. The summed E-state index contributed by atoms with van der Waals surface area (Å²) >= 11 is 0. The van der Waals surface area contributed by atoms with Crippen LogP contribution in [0.4, 0.5) is 13.2 Å². The Bertz CT molecular complexity index is 1020. The first-order valence-corrected chi connectivity index (χ1v) is 11.7. The van der Waals surface area contributed by atoms with Crippen molar-refractivity contribution >= 4 is 15.9 Å². The second-order valence-electron chi connectivity index (χ2n) is 7.58. The second kappa shape index (κ2) is 9.82. The molecule has 0 saturated carbocycles. The van der Waals surface area contributed by atoms with Crippen LogP contribution in [0.5, 0.6) is 0 Å². The number of fused-ring (bicyclic) bond motifs is 1. The Morgan fingerprint density at radius 3 is 2.29 bits per heavy atom. The molecule has 2 aromatic carbocycles. The molecule has 168 valence electrons. The van der Waals surface area contributed by atoms with E-state index in [-0.39, 0.29) is 30.3 Å². The van der Waals surface area contributed by atoms with Crippen LogP contribution in [-0.2, 0) is 40.3 Å². The third kappa shape index (κ3) is 6.54. The van der Waals surface area contributed by atoms with E-state index in [1.807, 2.05) is 6.07 Å². The van der Waals surface area contributed by atoms with Crippen LogP contribution in [0, 0.1) is 0 Å². The lowest BCUT2D eigenvalue weighted by Gasteiger charge is -2.16. The zero-order valence-electron chi connectivity index (χ0n) is 17.0. The summed E-state index contributed by atoms with van der Waals surface area (Å²) < 4.78 is 65.1. The summed E-state index contributed by atoms with van der Waals surface area (Å²) in [5.74, 6) is -0.333. The van der Waals surface area contributed by atoms with Gasteiger partial charge in [0.15, 0.2) is 0 Å². The van der Waals surface area contributed by atoms with Crippen molar-refractivity contribution in [1.29, 1.82) is 0 Å². The van der Waals surface area contributed by atoms with Gasteiger partial charge in [-0.2, -0.15) is 13.2 Å². The highest BCUT2D eigenvalue weighted by atomic mass is 32.2. The van der Waals surface area contributed by atoms with E-state index in [4.69, 9.17) is 0 Å². The highest BCUT2D eigenvalue weighted by Gasteiger charge is 2.29. The summed E-state index contributed by atoms with van der Waals surface area (Å²) in [7, 11) is -3.69. The molecular weight excluding hydrogens is 429 g/mol. The standard InChI is InChI=1S/C22H25F3N2O3S/c23-22(24,25)19-8-5-16(6-9-19)11-13-26-21(28)12-14-27-31(29,30)20-10-7-17-3-1-2-4-18(17)15-20/h5-10,15,27H,1-4,11-14H2,(H,26,28). The molecule has 2 aromatic rings. The molecule has 0 radical (unpaired) electrons. The first-order chi connectivity index (χ1) is 14.6. The third-order valence-corrected chi connectivity index (χ3v) is 6.75. The number of halogens is 3. The van der Waals surface area contributed by atoms with Gasteiger partial charge in [-0.1, -0.05) is 18.2 Å². The third-order valence-electron chi connectivity index (χ3n) is 5.29. The molecule has 0 heterocycles.